The van der Waals surface area contributed by atoms with E-state index in [0.29, 0.717) is 0 Å². The predicted molar refractivity (Wildman–Crippen MR) is 87.6 cm³/mol. The average Bonchev–Trinajstić information content (AvgIpc) is 3.28. The number of rotatable bonds is 9. The third-order valence-corrected chi connectivity index (χ3v) is 7.26. The lowest BCUT2D eigenvalue weighted by Gasteiger charge is -2.38. The van der Waals surface area contributed by atoms with Crippen molar-refractivity contribution in [2.45, 2.75) is 85.5 Å². The summed E-state index contributed by atoms with van der Waals surface area (Å²) in [6, 6.07) is 0. The SMILES string of the molecule is CCCCCCC(CCC)C1C2CC(C)(C3CC3C)C21. The highest BCUT2D eigenvalue weighted by molar-refractivity contribution is 5.21. The van der Waals surface area contributed by atoms with Crippen molar-refractivity contribution in [3.8, 4) is 0 Å². The van der Waals surface area contributed by atoms with E-state index in [4.69, 9.17) is 0 Å². The third-order valence-electron chi connectivity index (χ3n) is 7.26. The molecule has 0 heterocycles. The Balaban J connectivity index is 1.50. The first kappa shape index (κ1) is 14.9. The second-order valence-corrected chi connectivity index (χ2v) is 8.69. The van der Waals surface area contributed by atoms with Crippen LogP contribution in [-0.4, -0.2) is 0 Å². The molecule has 0 bridgehead atoms. The van der Waals surface area contributed by atoms with Gasteiger partial charge in [-0.15, -0.1) is 0 Å². The molecule has 3 aliphatic carbocycles. The van der Waals surface area contributed by atoms with Crippen molar-refractivity contribution >= 4 is 0 Å². The van der Waals surface area contributed by atoms with Gasteiger partial charge in [-0.1, -0.05) is 72.6 Å². The molecule has 7 atom stereocenters. The Labute approximate surface area is 127 Å². The molecule has 3 rings (SSSR count). The molecule has 3 aliphatic rings. The van der Waals surface area contributed by atoms with Gasteiger partial charge < -0.3 is 0 Å². The predicted octanol–water partition coefficient (Wildman–Crippen LogP) is 6.30. The van der Waals surface area contributed by atoms with Crippen molar-refractivity contribution in [3.63, 3.8) is 0 Å². The van der Waals surface area contributed by atoms with Crippen LogP contribution in [0.5, 0.6) is 0 Å². The first-order valence-corrected chi connectivity index (χ1v) is 9.63. The highest BCUT2D eigenvalue weighted by Crippen LogP contribution is 2.79. The van der Waals surface area contributed by atoms with Crippen molar-refractivity contribution < 1.29 is 0 Å². The fraction of sp³-hybridized carbons (Fsp3) is 1.00. The van der Waals surface area contributed by atoms with E-state index in [0.717, 1.165) is 40.9 Å². The van der Waals surface area contributed by atoms with Crippen LogP contribution < -0.4 is 0 Å². The summed E-state index contributed by atoms with van der Waals surface area (Å²) in [6.45, 7) is 9.84. The van der Waals surface area contributed by atoms with Crippen LogP contribution in [0.1, 0.15) is 85.5 Å². The standard InChI is InChI=1S/C20H36/c1-5-7-8-9-11-15(10-6-2)18-16-13-20(4,19(16)18)17-12-14(17)3/h14-19H,5-13H2,1-4H3. The molecule has 0 aliphatic heterocycles. The summed E-state index contributed by atoms with van der Waals surface area (Å²) in [5.41, 5.74) is 0.782. The Morgan fingerprint density at radius 1 is 1.05 bits per heavy atom. The second kappa shape index (κ2) is 5.65. The van der Waals surface area contributed by atoms with Gasteiger partial charge in [-0.3, -0.25) is 0 Å². The van der Waals surface area contributed by atoms with Crippen LogP contribution in [0.3, 0.4) is 0 Å². The summed E-state index contributed by atoms with van der Waals surface area (Å²) in [7, 11) is 0. The van der Waals surface area contributed by atoms with Gasteiger partial charge >= 0.3 is 0 Å². The molecule has 0 aromatic heterocycles. The van der Waals surface area contributed by atoms with E-state index < -0.39 is 0 Å². The van der Waals surface area contributed by atoms with Gasteiger partial charge in [0.25, 0.3) is 0 Å². The summed E-state index contributed by atoms with van der Waals surface area (Å²) in [5.74, 6) is 6.71. The van der Waals surface area contributed by atoms with Crippen molar-refractivity contribution in [2.75, 3.05) is 0 Å². The van der Waals surface area contributed by atoms with Crippen LogP contribution in [0.4, 0.5) is 0 Å². The van der Waals surface area contributed by atoms with E-state index in [1.54, 1.807) is 19.3 Å². The molecule has 0 aromatic rings. The van der Waals surface area contributed by atoms with E-state index in [9.17, 15) is 0 Å². The Morgan fingerprint density at radius 2 is 1.80 bits per heavy atom. The zero-order valence-electron chi connectivity index (χ0n) is 14.3. The lowest BCUT2D eigenvalue weighted by atomic mass is 9.66. The molecule has 20 heavy (non-hydrogen) atoms. The molecule has 0 amide bonds. The Bertz CT molecular complexity index is 333. The lowest BCUT2D eigenvalue weighted by molar-refractivity contribution is 0.0974. The van der Waals surface area contributed by atoms with Crippen LogP contribution in [0.2, 0.25) is 0 Å². The average molecular weight is 277 g/mol. The lowest BCUT2D eigenvalue weighted by Crippen LogP contribution is -2.32. The number of hydrogen-bond donors (Lipinski definition) is 0. The Morgan fingerprint density at radius 3 is 2.40 bits per heavy atom. The fourth-order valence-corrected chi connectivity index (χ4v) is 6.09. The third kappa shape index (κ3) is 2.46. The van der Waals surface area contributed by atoms with Gasteiger partial charge in [0.05, 0.1) is 0 Å². The van der Waals surface area contributed by atoms with Gasteiger partial charge in [-0.05, 0) is 53.8 Å². The Kier molecular flexibility index (Phi) is 4.22. The quantitative estimate of drug-likeness (QED) is 0.433. The summed E-state index contributed by atoms with van der Waals surface area (Å²) in [4.78, 5) is 0. The minimum atomic E-state index is 0.782. The van der Waals surface area contributed by atoms with E-state index in [-0.39, 0.29) is 0 Å². The fourth-order valence-electron chi connectivity index (χ4n) is 6.09. The maximum atomic E-state index is 2.64. The van der Waals surface area contributed by atoms with Gasteiger partial charge in [-0.25, -0.2) is 0 Å². The monoisotopic (exact) mass is 276 g/mol. The first-order valence-electron chi connectivity index (χ1n) is 9.63. The van der Waals surface area contributed by atoms with E-state index in [1.165, 1.54) is 38.5 Å². The normalized spacial score (nSPS) is 46.5. The van der Waals surface area contributed by atoms with E-state index >= 15 is 0 Å². The van der Waals surface area contributed by atoms with Crippen LogP contribution >= 0.6 is 0 Å². The topological polar surface area (TPSA) is 0 Å². The molecule has 0 radical (unpaired) electrons. The summed E-state index contributed by atoms with van der Waals surface area (Å²) in [5, 5.41) is 0. The molecule has 0 nitrogen and oxygen atoms in total. The van der Waals surface area contributed by atoms with Crippen molar-refractivity contribution in [2.24, 2.45) is 40.9 Å². The first-order chi connectivity index (χ1) is 9.63. The molecule has 0 saturated heterocycles. The molecule has 0 heteroatoms. The van der Waals surface area contributed by atoms with Gasteiger partial charge in [-0.2, -0.15) is 0 Å². The number of fused-ring (bicyclic) bond motifs is 1. The molecule has 116 valence electrons. The van der Waals surface area contributed by atoms with Gasteiger partial charge in [0.15, 0.2) is 0 Å². The smallest absolute Gasteiger partial charge is 0.0258 e. The zero-order valence-corrected chi connectivity index (χ0v) is 14.3. The van der Waals surface area contributed by atoms with Crippen LogP contribution in [0.15, 0.2) is 0 Å². The Hall–Kier alpha value is 0. The maximum Gasteiger partial charge on any atom is -0.0258 e. The minimum absolute atomic E-state index is 0.782. The molecule has 3 saturated carbocycles. The zero-order chi connectivity index (χ0) is 14.3. The van der Waals surface area contributed by atoms with Gasteiger partial charge in [0.1, 0.15) is 0 Å². The molecule has 0 aromatic carbocycles. The largest absolute Gasteiger partial charge is 0.0654 e. The molecule has 3 fully saturated rings. The van der Waals surface area contributed by atoms with E-state index in [1.807, 2.05) is 0 Å². The van der Waals surface area contributed by atoms with Gasteiger partial charge in [0, 0.05) is 0 Å². The number of hydrogen-bond acceptors (Lipinski definition) is 0. The van der Waals surface area contributed by atoms with Gasteiger partial charge in [0.2, 0.25) is 0 Å². The molecule has 0 N–H and O–H groups in total. The summed E-state index contributed by atoms with van der Waals surface area (Å²) >= 11 is 0. The number of unbranched alkanes of at least 4 members (excludes halogenated alkanes) is 3. The summed E-state index contributed by atoms with van der Waals surface area (Å²) < 4.78 is 0. The van der Waals surface area contributed by atoms with Crippen molar-refractivity contribution in [3.05, 3.63) is 0 Å². The molecular weight excluding hydrogens is 240 g/mol. The molecule has 7 unspecified atom stereocenters. The molecule has 0 spiro atoms. The maximum absolute atomic E-state index is 2.64. The highest BCUT2D eigenvalue weighted by Gasteiger charge is 2.73. The van der Waals surface area contributed by atoms with Crippen LogP contribution in [-0.2, 0) is 0 Å². The summed E-state index contributed by atoms with van der Waals surface area (Å²) in [6.07, 6.45) is 13.4. The second-order valence-electron chi connectivity index (χ2n) is 8.69. The highest BCUT2D eigenvalue weighted by atomic mass is 14.8. The van der Waals surface area contributed by atoms with Crippen LogP contribution in [0, 0.1) is 40.9 Å². The molecular formula is C20H36. The van der Waals surface area contributed by atoms with Crippen molar-refractivity contribution in [1.82, 2.24) is 0 Å². The minimum Gasteiger partial charge on any atom is -0.0654 e. The van der Waals surface area contributed by atoms with Crippen LogP contribution in [0.25, 0.3) is 0 Å². The van der Waals surface area contributed by atoms with E-state index in [2.05, 4.69) is 27.7 Å². The van der Waals surface area contributed by atoms with Crippen molar-refractivity contribution in [1.29, 1.82) is 0 Å².